The highest BCUT2D eigenvalue weighted by atomic mass is 35.5. The number of benzene rings is 1. The summed E-state index contributed by atoms with van der Waals surface area (Å²) in [6, 6.07) is 5.42. The van der Waals surface area contributed by atoms with Crippen molar-refractivity contribution in [3.63, 3.8) is 0 Å². The Bertz CT molecular complexity index is 585. The zero-order chi connectivity index (χ0) is 14.5. The van der Waals surface area contributed by atoms with Crippen molar-refractivity contribution in [3.8, 4) is 0 Å². The summed E-state index contributed by atoms with van der Waals surface area (Å²) < 4.78 is 0. The van der Waals surface area contributed by atoms with Gasteiger partial charge in [-0.2, -0.15) is 4.98 Å². The lowest BCUT2D eigenvalue weighted by atomic mass is 10.1. The summed E-state index contributed by atoms with van der Waals surface area (Å²) >= 11 is 5.96. The number of aliphatic hydroxyl groups is 1. The second-order valence-corrected chi connectivity index (χ2v) is 5.25. The Hall–Kier alpha value is -1.59. The number of nitrogens with zero attached hydrogens (tertiary/aromatic N) is 2. The zero-order valence-electron chi connectivity index (χ0n) is 11.4. The van der Waals surface area contributed by atoms with Gasteiger partial charge in [-0.15, -0.1) is 0 Å². The summed E-state index contributed by atoms with van der Waals surface area (Å²) in [6.07, 6.45) is 2.00. The minimum Gasteiger partial charge on any atom is -0.396 e. The molecule has 0 bridgehead atoms. The van der Waals surface area contributed by atoms with Gasteiger partial charge in [0.05, 0.1) is 5.52 Å². The predicted octanol–water partition coefficient (Wildman–Crippen LogP) is 2.69. The number of halogens is 1. The standard InChI is InChI=1S/C14H19ClN4O/c1-2-3-9(8-20)7-17-13-11-5-4-10(15)6-12(11)18-14(16)19-13/h4-6,9,20H,2-3,7-8H2,1H3,(H3,16,17,18,19)/t9-/m1/s1. The lowest BCUT2D eigenvalue weighted by Crippen LogP contribution is -2.18. The van der Waals surface area contributed by atoms with E-state index in [2.05, 4.69) is 22.2 Å². The fraction of sp³-hybridized carbons (Fsp3) is 0.429. The van der Waals surface area contributed by atoms with Crippen LogP contribution in [0, 0.1) is 5.92 Å². The van der Waals surface area contributed by atoms with Crippen LogP contribution < -0.4 is 11.1 Å². The highest BCUT2D eigenvalue weighted by molar-refractivity contribution is 6.31. The molecule has 0 aliphatic carbocycles. The highest BCUT2D eigenvalue weighted by Gasteiger charge is 2.10. The molecule has 0 saturated carbocycles. The number of aromatic nitrogens is 2. The molecule has 0 radical (unpaired) electrons. The molecule has 0 fully saturated rings. The van der Waals surface area contributed by atoms with Crippen LogP contribution in [-0.2, 0) is 0 Å². The van der Waals surface area contributed by atoms with Crippen molar-refractivity contribution in [2.75, 3.05) is 24.2 Å². The molecule has 1 aromatic carbocycles. The molecular formula is C14H19ClN4O. The molecule has 1 aromatic heterocycles. The number of rotatable bonds is 6. The molecule has 20 heavy (non-hydrogen) atoms. The normalized spacial score (nSPS) is 12.6. The predicted molar refractivity (Wildman–Crippen MR) is 82.9 cm³/mol. The SMILES string of the molecule is CCC[C@@H](CO)CNc1nc(N)nc2cc(Cl)ccc12. The van der Waals surface area contributed by atoms with E-state index >= 15 is 0 Å². The Balaban J connectivity index is 2.25. The molecule has 1 heterocycles. The first-order valence-electron chi connectivity index (χ1n) is 6.71. The van der Waals surface area contributed by atoms with E-state index in [-0.39, 0.29) is 18.5 Å². The van der Waals surface area contributed by atoms with Gasteiger partial charge in [-0.05, 0) is 30.5 Å². The summed E-state index contributed by atoms with van der Waals surface area (Å²) in [5.74, 6) is 1.09. The number of fused-ring (bicyclic) bond motifs is 1. The van der Waals surface area contributed by atoms with E-state index in [1.165, 1.54) is 0 Å². The van der Waals surface area contributed by atoms with Crippen molar-refractivity contribution in [1.82, 2.24) is 9.97 Å². The first kappa shape index (κ1) is 14.8. The minimum absolute atomic E-state index is 0.158. The van der Waals surface area contributed by atoms with E-state index in [1.54, 1.807) is 12.1 Å². The molecule has 2 aromatic rings. The number of hydrogen-bond donors (Lipinski definition) is 3. The highest BCUT2D eigenvalue weighted by Crippen LogP contribution is 2.24. The van der Waals surface area contributed by atoms with Crippen molar-refractivity contribution in [2.24, 2.45) is 5.92 Å². The van der Waals surface area contributed by atoms with E-state index in [9.17, 15) is 5.11 Å². The zero-order valence-corrected chi connectivity index (χ0v) is 12.2. The first-order chi connectivity index (χ1) is 9.63. The third-order valence-corrected chi connectivity index (χ3v) is 3.42. The van der Waals surface area contributed by atoms with Gasteiger partial charge in [0.15, 0.2) is 0 Å². The quantitative estimate of drug-likeness (QED) is 0.763. The van der Waals surface area contributed by atoms with E-state index in [4.69, 9.17) is 17.3 Å². The first-order valence-corrected chi connectivity index (χ1v) is 7.09. The molecule has 0 amide bonds. The molecule has 0 saturated heterocycles. The summed E-state index contributed by atoms with van der Waals surface area (Å²) in [6.45, 7) is 2.91. The van der Waals surface area contributed by atoms with Crippen LogP contribution in [0.25, 0.3) is 10.9 Å². The number of nitrogens with two attached hydrogens (primary N) is 1. The van der Waals surface area contributed by atoms with Crippen LogP contribution in [0.15, 0.2) is 18.2 Å². The lowest BCUT2D eigenvalue weighted by molar-refractivity contribution is 0.225. The minimum atomic E-state index is 0.158. The summed E-state index contributed by atoms with van der Waals surface area (Å²) in [5, 5.41) is 14.1. The molecule has 0 aliphatic heterocycles. The molecule has 1 atom stereocenters. The largest absolute Gasteiger partial charge is 0.396 e. The van der Waals surface area contributed by atoms with E-state index in [0.717, 1.165) is 18.2 Å². The molecule has 5 nitrogen and oxygen atoms in total. The van der Waals surface area contributed by atoms with Crippen LogP contribution in [0.4, 0.5) is 11.8 Å². The van der Waals surface area contributed by atoms with Crippen molar-refractivity contribution in [1.29, 1.82) is 0 Å². The maximum atomic E-state index is 9.32. The molecule has 2 rings (SSSR count). The van der Waals surface area contributed by atoms with Crippen molar-refractivity contribution in [3.05, 3.63) is 23.2 Å². The summed E-state index contributed by atoms with van der Waals surface area (Å²) in [5.41, 5.74) is 6.43. The Kier molecular flexibility index (Phi) is 4.98. The molecule has 4 N–H and O–H groups in total. The van der Waals surface area contributed by atoms with Gasteiger partial charge in [0.2, 0.25) is 5.95 Å². The fourth-order valence-corrected chi connectivity index (χ4v) is 2.33. The van der Waals surface area contributed by atoms with Gasteiger partial charge >= 0.3 is 0 Å². The lowest BCUT2D eigenvalue weighted by Gasteiger charge is -2.15. The molecule has 0 aliphatic rings. The number of hydrogen-bond acceptors (Lipinski definition) is 5. The average molecular weight is 295 g/mol. The second-order valence-electron chi connectivity index (χ2n) is 4.81. The Labute approximate surface area is 123 Å². The van der Waals surface area contributed by atoms with Gasteiger partial charge < -0.3 is 16.2 Å². The fourth-order valence-electron chi connectivity index (χ4n) is 2.16. The monoisotopic (exact) mass is 294 g/mol. The topological polar surface area (TPSA) is 84.1 Å². The summed E-state index contributed by atoms with van der Waals surface area (Å²) in [7, 11) is 0. The third kappa shape index (κ3) is 3.49. The van der Waals surface area contributed by atoms with Gasteiger partial charge in [-0.25, -0.2) is 4.98 Å². The maximum Gasteiger partial charge on any atom is 0.222 e. The van der Waals surface area contributed by atoms with Crippen molar-refractivity contribution >= 4 is 34.3 Å². The maximum absolute atomic E-state index is 9.32. The average Bonchev–Trinajstić information content (AvgIpc) is 2.42. The smallest absolute Gasteiger partial charge is 0.222 e. The number of aliphatic hydroxyl groups excluding tert-OH is 1. The third-order valence-electron chi connectivity index (χ3n) is 3.19. The van der Waals surface area contributed by atoms with Gasteiger partial charge in [-0.1, -0.05) is 24.9 Å². The van der Waals surface area contributed by atoms with Crippen molar-refractivity contribution < 1.29 is 5.11 Å². The van der Waals surface area contributed by atoms with Crippen LogP contribution in [0.2, 0.25) is 5.02 Å². The van der Waals surface area contributed by atoms with Crippen molar-refractivity contribution in [2.45, 2.75) is 19.8 Å². The van der Waals surface area contributed by atoms with Gasteiger partial charge in [0, 0.05) is 23.6 Å². The summed E-state index contributed by atoms with van der Waals surface area (Å²) in [4.78, 5) is 8.40. The van der Waals surface area contributed by atoms with Crippen LogP contribution >= 0.6 is 11.6 Å². The Morgan fingerprint density at radius 2 is 2.20 bits per heavy atom. The molecule has 108 valence electrons. The van der Waals surface area contributed by atoms with E-state index in [0.29, 0.717) is 22.9 Å². The molecule has 6 heteroatoms. The van der Waals surface area contributed by atoms with E-state index in [1.807, 2.05) is 6.07 Å². The Morgan fingerprint density at radius 1 is 1.40 bits per heavy atom. The van der Waals surface area contributed by atoms with Crippen LogP contribution in [0.5, 0.6) is 0 Å². The van der Waals surface area contributed by atoms with Gasteiger partial charge in [0.1, 0.15) is 5.82 Å². The van der Waals surface area contributed by atoms with E-state index < -0.39 is 0 Å². The Morgan fingerprint density at radius 3 is 2.90 bits per heavy atom. The molecular weight excluding hydrogens is 276 g/mol. The van der Waals surface area contributed by atoms with Crippen LogP contribution in [-0.4, -0.2) is 28.2 Å². The molecule has 0 spiro atoms. The molecule has 0 unspecified atom stereocenters. The number of anilines is 2. The van der Waals surface area contributed by atoms with Crippen LogP contribution in [0.1, 0.15) is 19.8 Å². The second kappa shape index (κ2) is 6.72. The van der Waals surface area contributed by atoms with Crippen LogP contribution in [0.3, 0.4) is 0 Å². The van der Waals surface area contributed by atoms with Gasteiger partial charge in [0.25, 0.3) is 0 Å². The number of nitrogens with one attached hydrogen (secondary N) is 1. The number of nitrogen functional groups attached to an aromatic ring is 1. The van der Waals surface area contributed by atoms with Gasteiger partial charge in [-0.3, -0.25) is 0 Å².